The van der Waals surface area contributed by atoms with E-state index in [4.69, 9.17) is 10.1 Å². The first kappa shape index (κ1) is 10.9. The van der Waals surface area contributed by atoms with Gasteiger partial charge in [-0.05, 0) is 26.0 Å². The first-order valence-corrected chi connectivity index (χ1v) is 5.54. The SMILES string of the molecule is CC1CN(c2ccc([N+]#N)cc2)CC(C)O1. The molecule has 1 aliphatic heterocycles. The highest BCUT2D eigenvalue weighted by Gasteiger charge is 2.22. The van der Waals surface area contributed by atoms with E-state index >= 15 is 0 Å². The largest absolute Gasteiger partial charge is 0.385 e. The van der Waals surface area contributed by atoms with Gasteiger partial charge in [0.15, 0.2) is 4.98 Å². The molecule has 0 N–H and O–H groups in total. The molecule has 0 spiro atoms. The van der Waals surface area contributed by atoms with Gasteiger partial charge in [0.2, 0.25) is 5.39 Å². The molecule has 84 valence electrons. The molecule has 0 amide bonds. The minimum atomic E-state index is 0.256. The number of ether oxygens (including phenoxy) is 1. The average molecular weight is 218 g/mol. The number of hydrogen-bond acceptors (Lipinski definition) is 3. The van der Waals surface area contributed by atoms with Crippen molar-refractivity contribution >= 4 is 11.4 Å². The maximum absolute atomic E-state index is 8.61. The molecule has 4 heteroatoms. The second kappa shape index (κ2) is 4.50. The second-order valence-corrected chi connectivity index (χ2v) is 4.28. The highest BCUT2D eigenvalue weighted by Crippen LogP contribution is 2.23. The molecule has 1 fully saturated rings. The molecule has 16 heavy (non-hydrogen) atoms. The van der Waals surface area contributed by atoms with Crippen LogP contribution in [0.15, 0.2) is 24.3 Å². The molecule has 0 aromatic heterocycles. The van der Waals surface area contributed by atoms with Crippen molar-refractivity contribution in [2.24, 2.45) is 0 Å². The molecule has 2 unspecified atom stereocenters. The summed E-state index contributed by atoms with van der Waals surface area (Å²) in [6.45, 7) is 5.97. The van der Waals surface area contributed by atoms with Gasteiger partial charge in [-0.3, -0.25) is 0 Å². The van der Waals surface area contributed by atoms with Crippen LogP contribution in [-0.4, -0.2) is 25.3 Å². The van der Waals surface area contributed by atoms with E-state index in [1.54, 1.807) is 12.1 Å². The van der Waals surface area contributed by atoms with Crippen molar-refractivity contribution in [3.05, 3.63) is 29.2 Å². The summed E-state index contributed by atoms with van der Waals surface area (Å²) in [5.41, 5.74) is 1.73. The lowest BCUT2D eigenvalue weighted by Crippen LogP contribution is -2.45. The normalized spacial score (nSPS) is 25.2. The monoisotopic (exact) mass is 218 g/mol. The van der Waals surface area contributed by atoms with Gasteiger partial charge in [-0.1, -0.05) is 0 Å². The predicted molar refractivity (Wildman–Crippen MR) is 63.4 cm³/mol. The van der Waals surface area contributed by atoms with Gasteiger partial charge in [-0.15, -0.1) is 0 Å². The summed E-state index contributed by atoms with van der Waals surface area (Å²) in [6.07, 6.45) is 0.511. The van der Waals surface area contributed by atoms with Crippen LogP contribution < -0.4 is 4.90 Å². The number of hydrogen-bond donors (Lipinski definition) is 0. The first-order chi connectivity index (χ1) is 7.69. The van der Waals surface area contributed by atoms with E-state index in [0.717, 1.165) is 18.8 Å². The van der Waals surface area contributed by atoms with E-state index in [0.29, 0.717) is 5.69 Å². The fourth-order valence-electron chi connectivity index (χ4n) is 2.12. The maximum atomic E-state index is 8.61. The molecule has 4 nitrogen and oxygen atoms in total. The molecule has 2 rings (SSSR count). The number of benzene rings is 1. The number of morpholine rings is 1. The highest BCUT2D eigenvalue weighted by molar-refractivity contribution is 5.55. The Morgan fingerprint density at radius 2 is 1.75 bits per heavy atom. The van der Waals surface area contributed by atoms with Crippen LogP contribution in [-0.2, 0) is 4.74 Å². The fourth-order valence-corrected chi connectivity index (χ4v) is 2.12. The summed E-state index contributed by atoms with van der Waals surface area (Å²) < 4.78 is 5.68. The van der Waals surface area contributed by atoms with Gasteiger partial charge < -0.3 is 9.64 Å². The highest BCUT2D eigenvalue weighted by atomic mass is 16.5. The van der Waals surface area contributed by atoms with Gasteiger partial charge in [0.1, 0.15) is 0 Å². The Morgan fingerprint density at radius 3 is 2.25 bits per heavy atom. The topological polar surface area (TPSA) is 40.6 Å². The lowest BCUT2D eigenvalue weighted by atomic mass is 10.2. The number of diazo groups is 1. The molecule has 1 aromatic carbocycles. The standard InChI is InChI=1S/C12H16N3O/c1-9-7-15(8-10(2)16-9)12-5-3-11(14-13)4-6-12/h3-6,9-10H,7-8H2,1-2H3/q+1. The molecule has 0 saturated carbocycles. The number of rotatable bonds is 1. The molecule has 2 atom stereocenters. The van der Waals surface area contributed by atoms with Gasteiger partial charge in [0, 0.05) is 30.9 Å². The van der Waals surface area contributed by atoms with Crippen LogP contribution in [0.1, 0.15) is 13.8 Å². The quantitative estimate of drug-likeness (QED) is 0.680. The number of anilines is 1. The molecule has 1 aromatic rings. The summed E-state index contributed by atoms with van der Waals surface area (Å²) in [5, 5.41) is 8.61. The van der Waals surface area contributed by atoms with Crippen molar-refractivity contribution in [1.29, 1.82) is 5.39 Å². The van der Waals surface area contributed by atoms with Crippen LogP contribution in [0.25, 0.3) is 4.98 Å². The first-order valence-electron chi connectivity index (χ1n) is 5.54. The Hall–Kier alpha value is -1.60. The summed E-state index contributed by atoms with van der Waals surface area (Å²) in [7, 11) is 0. The van der Waals surface area contributed by atoms with Crippen molar-refractivity contribution in [2.45, 2.75) is 26.1 Å². The Labute approximate surface area is 95.4 Å². The van der Waals surface area contributed by atoms with Crippen LogP contribution in [0.3, 0.4) is 0 Å². The summed E-state index contributed by atoms with van der Waals surface area (Å²) in [4.78, 5) is 5.44. The smallest absolute Gasteiger partial charge is 0.372 e. The second-order valence-electron chi connectivity index (χ2n) is 4.28. The Kier molecular flexibility index (Phi) is 3.07. The van der Waals surface area contributed by atoms with Gasteiger partial charge in [0.25, 0.3) is 0 Å². The molecule has 1 saturated heterocycles. The zero-order valence-electron chi connectivity index (χ0n) is 9.63. The van der Waals surface area contributed by atoms with E-state index in [-0.39, 0.29) is 12.2 Å². The van der Waals surface area contributed by atoms with Crippen molar-refractivity contribution in [1.82, 2.24) is 0 Å². The molecule has 0 radical (unpaired) electrons. The predicted octanol–water partition coefficient (Wildman–Crippen LogP) is 2.78. The Morgan fingerprint density at radius 1 is 1.19 bits per heavy atom. The number of nitrogens with zero attached hydrogens (tertiary/aromatic N) is 3. The fraction of sp³-hybridized carbons (Fsp3) is 0.500. The van der Waals surface area contributed by atoms with Crippen LogP contribution in [0.2, 0.25) is 0 Å². The molecule has 0 bridgehead atoms. The minimum Gasteiger partial charge on any atom is -0.372 e. The lowest BCUT2D eigenvalue weighted by molar-refractivity contribution is -0.00521. The summed E-state index contributed by atoms with van der Waals surface area (Å²) >= 11 is 0. The third kappa shape index (κ3) is 2.31. The van der Waals surface area contributed by atoms with E-state index < -0.39 is 0 Å². The third-order valence-corrected chi connectivity index (χ3v) is 2.75. The Balaban J connectivity index is 2.14. The van der Waals surface area contributed by atoms with Crippen LogP contribution in [0.5, 0.6) is 0 Å². The van der Waals surface area contributed by atoms with Crippen LogP contribution >= 0.6 is 0 Å². The maximum Gasteiger partial charge on any atom is 0.385 e. The van der Waals surface area contributed by atoms with Crippen LogP contribution in [0.4, 0.5) is 11.4 Å². The summed E-state index contributed by atoms with van der Waals surface area (Å²) in [5.74, 6) is 0. The van der Waals surface area contributed by atoms with Crippen molar-refractivity contribution < 1.29 is 4.74 Å². The minimum absolute atomic E-state index is 0.256. The van der Waals surface area contributed by atoms with Crippen LogP contribution in [0, 0.1) is 5.39 Å². The van der Waals surface area contributed by atoms with Crippen molar-refractivity contribution in [3.8, 4) is 0 Å². The van der Waals surface area contributed by atoms with Gasteiger partial charge in [-0.25, -0.2) is 0 Å². The van der Waals surface area contributed by atoms with E-state index in [9.17, 15) is 0 Å². The summed E-state index contributed by atoms with van der Waals surface area (Å²) in [6, 6.07) is 7.56. The van der Waals surface area contributed by atoms with E-state index in [1.807, 2.05) is 12.1 Å². The molecule has 1 aliphatic rings. The third-order valence-electron chi connectivity index (χ3n) is 2.75. The molecule has 1 heterocycles. The van der Waals surface area contributed by atoms with Gasteiger partial charge in [0.05, 0.1) is 12.2 Å². The van der Waals surface area contributed by atoms with E-state index in [2.05, 4.69) is 23.7 Å². The zero-order chi connectivity index (χ0) is 11.5. The molecule has 0 aliphatic carbocycles. The lowest BCUT2D eigenvalue weighted by Gasteiger charge is -2.36. The Bertz CT molecular complexity index is 386. The van der Waals surface area contributed by atoms with Crippen molar-refractivity contribution in [3.63, 3.8) is 0 Å². The van der Waals surface area contributed by atoms with Crippen molar-refractivity contribution in [2.75, 3.05) is 18.0 Å². The zero-order valence-corrected chi connectivity index (χ0v) is 9.63. The molecular weight excluding hydrogens is 202 g/mol. The van der Waals surface area contributed by atoms with Gasteiger partial charge >= 0.3 is 5.69 Å². The van der Waals surface area contributed by atoms with Gasteiger partial charge in [-0.2, -0.15) is 0 Å². The van der Waals surface area contributed by atoms with E-state index in [1.165, 1.54) is 0 Å². The molecular formula is C12H16N3O+. The average Bonchev–Trinajstić information content (AvgIpc) is 2.28.